The van der Waals surface area contributed by atoms with Gasteiger partial charge in [-0.15, -0.1) is 22.7 Å². The molecule has 2 aromatic heterocycles. The van der Waals surface area contributed by atoms with Crippen molar-refractivity contribution in [2.75, 3.05) is 5.32 Å². The molecule has 0 bridgehead atoms. The molecular formula is C23H19ClN2OS2. The quantitative estimate of drug-likeness (QED) is 0.383. The van der Waals surface area contributed by atoms with Crippen molar-refractivity contribution >= 4 is 55.4 Å². The van der Waals surface area contributed by atoms with E-state index >= 15 is 0 Å². The van der Waals surface area contributed by atoms with E-state index in [-0.39, 0.29) is 5.91 Å². The molecule has 0 fully saturated rings. The highest BCUT2D eigenvalue weighted by atomic mass is 35.5. The molecule has 6 heteroatoms. The van der Waals surface area contributed by atoms with Crippen LogP contribution < -0.4 is 5.32 Å². The third-order valence-electron chi connectivity index (χ3n) is 5.21. The average Bonchev–Trinajstić information content (AvgIpc) is 3.30. The summed E-state index contributed by atoms with van der Waals surface area (Å²) in [5.74, 6) is -0.00622. The topological polar surface area (TPSA) is 42.0 Å². The molecule has 2 heterocycles. The number of nitrogens with one attached hydrogen (secondary N) is 1. The van der Waals surface area contributed by atoms with Crippen LogP contribution in [0.4, 0.5) is 5.00 Å². The zero-order valence-corrected chi connectivity index (χ0v) is 18.1. The van der Waals surface area contributed by atoms with E-state index in [2.05, 4.69) is 11.4 Å². The molecule has 146 valence electrons. The maximum absolute atomic E-state index is 12.8. The van der Waals surface area contributed by atoms with Crippen LogP contribution in [0.1, 0.15) is 28.8 Å². The van der Waals surface area contributed by atoms with E-state index in [9.17, 15) is 4.79 Å². The molecule has 29 heavy (non-hydrogen) atoms. The Labute approximate surface area is 182 Å². The summed E-state index contributed by atoms with van der Waals surface area (Å²) in [6.07, 6.45) is 4.89. The highest BCUT2D eigenvalue weighted by molar-refractivity contribution is 7.22. The van der Waals surface area contributed by atoms with Gasteiger partial charge in [-0.1, -0.05) is 35.9 Å². The van der Waals surface area contributed by atoms with Crippen molar-refractivity contribution < 1.29 is 4.79 Å². The lowest BCUT2D eigenvalue weighted by Gasteiger charge is -2.11. The SMILES string of the molecule is O=C(Cc1ccc(Cl)cc1)Nc1sc2c(c1-c1nc3ccccc3s1)CCCC2. The maximum Gasteiger partial charge on any atom is 0.229 e. The van der Waals surface area contributed by atoms with Crippen molar-refractivity contribution in [2.24, 2.45) is 0 Å². The fourth-order valence-corrected chi connectivity index (χ4v) is 6.36. The van der Waals surface area contributed by atoms with Crippen LogP contribution in [0.3, 0.4) is 0 Å². The minimum absolute atomic E-state index is 0.00622. The molecule has 0 spiro atoms. The van der Waals surface area contributed by atoms with Crippen LogP contribution >= 0.6 is 34.3 Å². The number of benzene rings is 2. The van der Waals surface area contributed by atoms with Crippen molar-refractivity contribution in [3.8, 4) is 10.6 Å². The van der Waals surface area contributed by atoms with Crippen molar-refractivity contribution in [2.45, 2.75) is 32.1 Å². The van der Waals surface area contributed by atoms with Crippen LogP contribution in [-0.2, 0) is 24.1 Å². The lowest BCUT2D eigenvalue weighted by molar-refractivity contribution is -0.115. The third kappa shape index (κ3) is 3.82. The minimum Gasteiger partial charge on any atom is -0.317 e. The first-order valence-electron chi connectivity index (χ1n) is 9.72. The van der Waals surface area contributed by atoms with Gasteiger partial charge in [0.05, 0.1) is 16.6 Å². The number of fused-ring (bicyclic) bond motifs is 2. The fourth-order valence-electron chi connectivity index (χ4n) is 3.82. The first-order valence-corrected chi connectivity index (χ1v) is 11.7. The number of aryl methyl sites for hydroxylation is 1. The molecule has 1 aliphatic carbocycles. The number of hydrogen-bond acceptors (Lipinski definition) is 4. The van der Waals surface area contributed by atoms with E-state index in [0.29, 0.717) is 11.4 Å². The molecule has 2 aromatic carbocycles. The lowest BCUT2D eigenvalue weighted by Crippen LogP contribution is -2.14. The number of thiazole rings is 1. The van der Waals surface area contributed by atoms with Gasteiger partial charge in [0.25, 0.3) is 0 Å². The average molecular weight is 439 g/mol. The first kappa shape index (κ1) is 18.8. The van der Waals surface area contributed by atoms with Crippen molar-refractivity contribution in [3.63, 3.8) is 0 Å². The summed E-state index contributed by atoms with van der Waals surface area (Å²) in [4.78, 5) is 19.1. The Balaban J connectivity index is 1.50. The van der Waals surface area contributed by atoms with Crippen LogP contribution in [0.25, 0.3) is 20.8 Å². The summed E-state index contributed by atoms with van der Waals surface area (Å²) in [5.41, 5.74) is 4.48. The molecule has 1 amide bonds. The molecule has 0 saturated heterocycles. The van der Waals surface area contributed by atoms with Crippen molar-refractivity contribution in [3.05, 3.63) is 69.6 Å². The van der Waals surface area contributed by atoms with E-state index in [0.717, 1.165) is 39.5 Å². The number of anilines is 1. The maximum atomic E-state index is 12.8. The van der Waals surface area contributed by atoms with E-state index in [1.54, 1.807) is 22.7 Å². The fraction of sp³-hybridized carbons (Fsp3) is 0.217. The Hall–Kier alpha value is -2.21. The number of carbonyl (C=O) groups excluding carboxylic acids is 1. The summed E-state index contributed by atoms with van der Waals surface area (Å²) >= 11 is 9.38. The number of para-hydroxylation sites is 1. The molecule has 0 atom stereocenters. The van der Waals surface area contributed by atoms with E-state index < -0.39 is 0 Å². The van der Waals surface area contributed by atoms with Gasteiger partial charge in [-0.05, 0) is 61.1 Å². The molecular weight excluding hydrogens is 420 g/mol. The second-order valence-electron chi connectivity index (χ2n) is 7.25. The molecule has 4 aromatic rings. The zero-order chi connectivity index (χ0) is 19.8. The number of aromatic nitrogens is 1. The predicted octanol–water partition coefficient (Wildman–Crippen LogP) is 6.74. The largest absolute Gasteiger partial charge is 0.317 e. The van der Waals surface area contributed by atoms with Gasteiger partial charge in [-0.3, -0.25) is 4.79 Å². The normalized spacial score (nSPS) is 13.4. The van der Waals surface area contributed by atoms with Crippen LogP contribution in [0.2, 0.25) is 5.02 Å². The smallest absolute Gasteiger partial charge is 0.229 e. The van der Waals surface area contributed by atoms with Crippen LogP contribution in [-0.4, -0.2) is 10.9 Å². The molecule has 0 saturated carbocycles. The van der Waals surface area contributed by atoms with Crippen molar-refractivity contribution in [1.82, 2.24) is 4.98 Å². The van der Waals surface area contributed by atoms with Crippen LogP contribution in [0, 0.1) is 0 Å². The number of rotatable bonds is 4. The van der Waals surface area contributed by atoms with Gasteiger partial charge in [0.1, 0.15) is 10.0 Å². The summed E-state index contributed by atoms with van der Waals surface area (Å²) in [5, 5.41) is 5.81. The summed E-state index contributed by atoms with van der Waals surface area (Å²) < 4.78 is 1.18. The van der Waals surface area contributed by atoms with Gasteiger partial charge >= 0.3 is 0 Å². The van der Waals surface area contributed by atoms with Gasteiger partial charge in [-0.2, -0.15) is 0 Å². The molecule has 5 rings (SSSR count). The van der Waals surface area contributed by atoms with Crippen LogP contribution in [0.15, 0.2) is 48.5 Å². The molecule has 1 N–H and O–H groups in total. The Kier molecular flexibility index (Phi) is 5.12. The van der Waals surface area contributed by atoms with Gasteiger partial charge in [-0.25, -0.2) is 4.98 Å². The van der Waals surface area contributed by atoms with Crippen molar-refractivity contribution in [1.29, 1.82) is 0 Å². The molecule has 0 radical (unpaired) electrons. The first-order chi connectivity index (χ1) is 14.2. The van der Waals surface area contributed by atoms with E-state index in [1.165, 1.54) is 28.0 Å². The molecule has 0 aliphatic heterocycles. The third-order valence-corrected chi connectivity index (χ3v) is 7.72. The Morgan fingerprint density at radius 3 is 2.66 bits per heavy atom. The monoisotopic (exact) mass is 438 g/mol. The second kappa shape index (κ2) is 7.90. The van der Waals surface area contributed by atoms with Gasteiger partial charge in [0.15, 0.2) is 0 Å². The van der Waals surface area contributed by atoms with E-state index in [4.69, 9.17) is 16.6 Å². The Bertz CT molecular complexity index is 1160. The van der Waals surface area contributed by atoms with Gasteiger partial charge < -0.3 is 5.32 Å². The molecule has 1 aliphatic rings. The highest BCUT2D eigenvalue weighted by Gasteiger charge is 2.25. The standard InChI is InChI=1S/C23H19ClN2OS2/c24-15-11-9-14(10-12-15)13-20(27)26-23-21(16-5-1-3-7-18(16)28-23)22-25-17-6-2-4-8-19(17)29-22/h2,4,6,8-12H,1,3,5,7,13H2,(H,26,27). The minimum atomic E-state index is -0.00622. The number of hydrogen-bond donors (Lipinski definition) is 1. The van der Waals surface area contributed by atoms with E-state index in [1.807, 2.05) is 42.5 Å². The van der Waals surface area contributed by atoms with Gasteiger partial charge in [0.2, 0.25) is 5.91 Å². The highest BCUT2D eigenvalue weighted by Crippen LogP contribution is 2.46. The molecule has 3 nitrogen and oxygen atoms in total. The Morgan fingerprint density at radius 1 is 1.03 bits per heavy atom. The Morgan fingerprint density at radius 2 is 1.83 bits per heavy atom. The summed E-state index contributed by atoms with van der Waals surface area (Å²) in [6, 6.07) is 15.7. The van der Waals surface area contributed by atoms with Crippen LogP contribution in [0.5, 0.6) is 0 Å². The lowest BCUT2D eigenvalue weighted by atomic mass is 9.95. The number of thiophene rings is 1. The van der Waals surface area contributed by atoms with Gasteiger partial charge in [0, 0.05) is 15.5 Å². The number of carbonyl (C=O) groups is 1. The number of nitrogens with zero attached hydrogens (tertiary/aromatic N) is 1. The summed E-state index contributed by atoms with van der Waals surface area (Å²) in [7, 11) is 0. The zero-order valence-electron chi connectivity index (χ0n) is 15.7. The second-order valence-corrected chi connectivity index (χ2v) is 9.83. The molecule has 0 unspecified atom stereocenters. The number of amides is 1. The predicted molar refractivity (Wildman–Crippen MR) is 123 cm³/mol. The number of halogens is 1. The summed E-state index contributed by atoms with van der Waals surface area (Å²) in [6.45, 7) is 0.